The predicted molar refractivity (Wildman–Crippen MR) is 53.9 cm³/mol. The average Bonchev–Trinajstić information content (AvgIpc) is 2.08. The van der Waals surface area contributed by atoms with Gasteiger partial charge in [0.15, 0.2) is 0 Å². The monoisotopic (exact) mass is 181 g/mol. The average molecular weight is 181 g/mol. The van der Waals surface area contributed by atoms with E-state index >= 15 is 0 Å². The van der Waals surface area contributed by atoms with E-state index in [0.29, 0.717) is 16.9 Å². The highest BCUT2D eigenvalue weighted by molar-refractivity contribution is 5.64. The molecule has 7 N–H and O–H groups in total. The van der Waals surface area contributed by atoms with E-state index in [1.54, 1.807) is 25.1 Å². The fourth-order valence-corrected chi connectivity index (χ4v) is 1.08. The van der Waals surface area contributed by atoms with E-state index in [-0.39, 0.29) is 6.04 Å². The van der Waals surface area contributed by atoms with Crippen molar-refractivity contribution in [3.8, 4) is 0 Å². The molecule has 0 aliphatic rings. The van der Waals surface area contributed by atoms with Crippen LogP contribution in [0.2, 0.25) is 0 Å². The summed E-state index contributed by atoms with van der Waals surface area (Å²) in [4.78, 5) is 0. The quantitative estimate of drug-likeness (QED) is 0.491. The number of anilines is 2. The van der Waals surface area contributed by atoms with Gasteiger partial charge in [-0.15, -0.1) is 0 Å². The number of benzene rings is 1. The Balaban J connectivity index is 2.97. The Bertz CT molecular complexity index is 299. The zero-order chi connectivity index (χ0) is 10.0. The number of aliphatic hydroxyl groups is 1. The van der Waals surface area contributed by atoms with Crippen LogP contribution in [0.3, 0.4) is 0 Å². The van der Waals surface area contributed by atoms with Crippen LogP contribution < -0.4 is 17.2 Å². The van der Waals surface area contributed by atoms with Crippen molar-refractivity contribution in [1.29, 1.82) is 0 Å². The molecule has 1 rings (SSSR count). The Hall–Kier alpha value is -1.26. The normalized spacial score (nSPS) is 15.3. The van der Waals surface area contributed by atoms with Gasteiger partial charge in [0.25, 0.3) is 0 Å². The molecule has 1 aromatic carbocycles. The summed E-state index contributed by atoms with van der Waals surface area (Å²) in [6.45, 7) is 1.73. The van der Waals surface area contributed by atoms with Gasteiger partial charge in [-0.25, -0.2) is 0 Å². The van der Waals surface area contributed by atoms with Crippen molar-refractivity contribution in [1.82, 2.24) is 0 Å². The van der Waals surface area contributed by atoms with Gasteiger partial charge in [0.05, 0.1) is 17.5 Å². The van der Waals surface area contributed by atoms with E-state index in [2.05, 4.69) is 0 Å². The van der Waals surface area contributed by atoms with Crippen LogP contribution in [0.5, 0.6) is 0 Å². The maximum atomic E-state index is 9.59. The van der Waals surface area contributed by atoms with Gasteiger partial charge in [0, 0.05) is 6.04 Å². The predicted octanol–water partition coefficient (Wildman–Crippen LogP) is 0.232. The van der Waals surface area contributed by atoms with Crippen LogP contribution in [-0.2, 0) is 0 Å². The molecular formula is C9H15N3O. The van der Waals surface area contributed by atoms with E-state index in [4.69, 9.17) is 17.2 Å². The van der Waals surface area contributed by atoms with Crippen LogP contribution >= 0.6 is 0 Å². The van der Waals surface area contributed by atoms with Gasteiger partial charge in [0.1, 0.15) is 0 Å². The number of nitrogens with two attached hydrogens (primary N) is 3. The Morgan fingerprint density at radius 3 is 2.31 bits per heavy atom. The van der Waals surface area contributed by atoms with Crippen LogP contribution in [0.4, 0.5) is 11.4 Å². The van der Waals surface area contributed by atoms with Crippen LogP contribution in [-0.4, -0.2) is 11.1 Å². The van der Waals surface area contributed by atoms with E-state index in [1.165, 1.54) is 0 Å². The third-order valence-electron chi connectivity index (χ3n) is 1.95. The van der Waals surface area contributed by atoms with Gasteiger partial charge < -0.3 is 22.3 Å². The summed E-state index contributed by atoms with van der Waals surface area (Å²) in [5.41, 5.74) is 18.3. The van der Waals surface area contributed by atoms with E-state index in [0.717, 1.165) is 0 Å². The summed E-state index contributed by atoms with van der Waals surface area (Å²) in [7, 11) is 0. The second kappa shape index (κ2) is 3.64. The fourth-order valence-electron chi connectivity index (χ4n) is 1.08. The number of rotatable bonds is 2. The van der Waals surface area contributed by atoms with Crippen molar-refractivity contribution >= 4 is 11.4 Å². The van der Waals surface area contributed by atoms with Gasteiger partial charge in [-0.3, -0.25) is 0 Å². The number of aliphatic hydroxyl groups excluding tert-OH is 1. The molecule has 0 bridgehead atoms. The van der Waals surface area contributed by atoms with Gasteiger partial charge >= 0.3 is 0 Å². The Kier molecular flexibility index (Phi) is 2.75. The molecule has 4 nitrogen and oxygen atoms in total. The van der Waals surface area contributed by atoms with Gasteiger partial charge in [0.2, 0.25) is 0 Å². The third-order valence-corrected chi connectivity index (χ3v) is 1.95. The summed E-state index contributed by atoms with van der Waals surface area (Å²) in [6, 6.07) is 4.71. The Morgan fingerprint density at radius 1 is 1.23 bits per heavy atom. The first-order valence-corrected chi connectivity index (χ1v) is 4.11. The molecule has 2 atom stereocenters. The lowest BCUT2D eigenvalue weighted by molar-refractivity contribution is 0.153. The van der Waals surface area contributed by atoms with Crippen molar-refractivity contribution in [2.24, 2.45) is 5.73 Å². The molecule has 0 aliphatic carbocycles. The number of nitrogen functional groups attached to an aromatic ring is 2. The van der Waals surface area contributed by atoms with Crippen LogP contribution in [0, 0.1) is 0 Å². The molecule has 0 saturated heterocycles. The summed E-state index contributed by atoms with van der Waals surface area (Å²) < 4.78 is 0. The minimum absolute atomic E-state index is 0.317. The van der Waals surface area contributed by atoms with E-state index in [9.17, 15) is 5.11 Å². The summed E-state index contributed by atoms with van der Waals surface area (Å²) in [5, 5.41) is 9.59. The molecule has 13 heavy (non-hydrogen) atoms. The SMILES string of the molecule is C[C@@H](N)[C@@H](O)c1ccc(N)c(N)c1. The second-order valence-corrected chi connectivity index (χ2v) is 3.19. The lowest BCUT2D eigenvalue weighted by Gasteiger charge is -2.15. The zero-order valence-electron chi connectivity index (χ0n) is 7.57. The van der Waals surface area contributed by atoms with Crippen molar-refractivity contribution in [3.63, 3.8) is 0 Å². The van der Waals surface area contributed by atoms with E-state index in [1.807, 2.05) is 0 Å². The summed E-state index contributed by atoms with van der Waals surface area (Å²) in [5.74, 6) is 0. The number of hydrogen-bond acceptors (Lipinski definition) is 4. The van der Waals surface area contributed by atoms with E-state index < -0.39 is 6.10 Å². The fraction of sp³-hybridized carbons (Fsp3) is 0.333. The lowest BCUT2D eigenvalue weighted by atomic mass is 10.0. The molecule has 0 amide bonds. The highest BCUT2D eigenvalue weighted by Gasteiger charge is 2.12. The smallest absolute Gasteiger partial charge is 0.0938 e. The highest BCUT2D eigenvalue weighted by atomic mass is 16.3. The van der Waals surface area contributed by atoms with Crippen LogP contribution in [0.15, 0.2) is 18.2 Å². The summed E-state index contributed by atoms with van der Waals surface area (Å²) >= 11 is 0. The molecule has 0 radical (unpaired) electrons. The molecule has 0 unspecified atom stereocenters. The van der Waals surface area contributed by atoms with Gasteiger partial charge in [-0.2, -0.15) is 0 Å². The minimum Gasteiger partial charge on any atom is -0.397 e. The molecule has 0 spiro atoms. The molecule has 0 heterocycles. The van der Waals surface area contributed by atoms with Crippen LogP contribution in [0.25, 0.3) is 0 Å². The van der Waals surface area contributed by atoms with Crippen molar-refractivity contribution in [2.75, 3.05) is 11.5 Å². The molecule has 0 saturated carbocycles. The molecule has 0 fully saturated rings. The maximum absolute atomic E-state index is 9.59. The second-order valence-electron chi connectivity index (χ2n) is 3.19. The molecule has 72 valence electrons. The minimum atomic E-state index is -0.692. The molecular weight excluding hydrogens is 166 g/mol. The molecule has 0 aromatic heterocycles. The van der Waals surface area contributed by atoms with Gasteiger partial charge in [-0.05, 0) is 24.6 Å². The first-order chi connectivity index (χ1) is 6.02. The molecule has 4 heteroatoms. The standard InChI is InChI=1S/C9H15N3O/c1-5(10)9(13)6-2-3-7(11)8(12)4-6/h2-5,9,13H,10-12H2,1H3/t5-,9-/m1/s1. The zero-order valence-corrected chi connectivity index (χ0v) is 7.57. The first kappa shape index (κ1) is 9.83. The Labute approximate surface area is 77.3 Å². The lowest BCUT2D eigenvalue weighted by Crippen LogP contribution is -2.24. The highest BCUT2D eigenvalue weighted by Crippen LogP contribution is 2.22. The topological polar surface area (TPSA) is 98.3 Å². The van der Waals surface area contributed by atoms with Crippen molar-refractivity contribution < 1.29 is 5.11 Å². The van der Waals surface area contributed by atoms with Gasteiger partial charge in [-0.1, -0.05) is 6.07 Å². The third kappa shape index (κ3) is 2.11. The largest absolute Gasteiger partial charge is 0.397 e. The number of hydrogen-bond donors (Lipinski definition) is 4. The van der Waals surface area contributed by atoms with Crippen molar-refractivity contribution in [2.45, 2.75) is 19.1 Å². The molecule has 0 aliphatic heterocycles. The summed E-state index contributed by atoms with van der Waals surface area (Å²) in [6.07, 6.45) is -0.692. The first-order valence-electron chi connectivity index (χ1n) is 4.11. The maximum Gasteiger partial charge on any atom is 0.0938 e. The Morgan fingerprint density at radius 2 is 1.85 bits per heavy atom. The van der Waals surface area contributed by atoms with Crippen molar-refractivity contribution in [3.05, 3.63) is 23.8 Å². The molecule has 1 aromatic rings. The van der Waals surface area contributed by atoms with Crippen LogP contribution in [0.1, 0.15) is 18.6 Å².